The predicted molar refractivity (Wildman–Crippen MR) is 10.0 cm³/mol. The molecule has 0 aliphatic carbocycles. The van der Waals surface area contributed by atoms with E-state index >= 15 is 0 Å². The molecular weight excluding hydrogens is 294 g/mol. The molecule has 0 aliphatic heterocycles. The summed E-state index contributed by atoms with van der Waals surface area (Å²) < 4.78 is 0. The fourth-order valence-electron chi connectivity index (χ4n) is 0. The molecule has 2 nitrogen and oxygen atoms in total. The standard InChI is InChI=1S/3Mn.2H3N.Ru/h;;;2*1H3;. The van der Waals surface area contributed by atoms with Crippen molar-refractivity contribution in [1.82, 2.24) is 12.3 Å². The van der Waals surface area contributed by atoms with E-state index in [0.717, 1.165) is 0 Å². The van der Waals surface area contributed by atoms with Gasteiger partial charge in [0.25, 0.3) is 0 Å². The topological polar surface area (TPSA) is 70.0 Å². The van der Waals surface area contributed by atoms with Crippen LogP contribution in [0.3, 0.4) is 0 Å². The fourth-order valence-corrected chi connectivity index (χ4v) is 0. The smallest absolute Gasteiger partial charge is 0 e. The quantitative estimate of drug-likeness (QED) is 0.632. The average molecular weight is 300 g/mol. The SMILES string of the molecule is N.N.[Mn].[Mn].[Mn].[Ru]. The van der Waals surface area contributed by atoms with Crippen LogP contribution in [0.15, 0.2) is 0 Å². The van der Waals surface area contributed by atoms with Gasteiger partial charge in [-0.2, -0.15) is 0 Å². The van der Waals surface area contributed by atoms with Crippen LogP contribution >= 0.6 is 0 Å². The van der Waals surface area contributed by atoms with Gasteiger partial charge in [0.15, 0.2) is 0 Å². The molecule has 0 fully saturated rings. The number of hydrogen-bond acceptors (Lipinski definition) is 2. The Morgan fingerprint density at radius 1 is 0.500 bits per heavy atom. The maximum Gasteiger partial charge on any atom is 0 e. The second-order valence-corrected chi connectivity index (χ2v) is 0. The van der Waals surface area contributed by atoms with E-state index in [1.165, 1.54) is 0 Å². The molecule has 0 bridgehead atoms. The van der Waals surface area contributed by atoms with Crippen LogP contribution in [-0.4, -0.2) is 0 Å². The molecule has 0 heterocycles. The van der Waals surface area contributed by atoms with Gasteiger partial charge in [0.2, 0.25) is 0 Å². The Morgan fingerprint density at radius 3 is 0.500 bits per heavy atom. The van der Waals surface area contributed by atoms with Crippen molar-refractivity contribution < 1.29 is 70.7 Å². The minimum atomic E-state index is 0. The summed E-state index contributed by atoms with van der Waals surface area (Å²) in [6, 6.07) is 0. The minimum absolute atomic E-state index is 0. The van der Waals surface area contributed by atoms with Crippen LogP contribution in [0.2, 0.25) is 0 Å². The molecule has 45 valence electrons. The van der Waals surface area contributed by atoms with Gasteiger partial charge in [0, 0.05) is 70.7 Å². The first kappa shape index (κ1) is 92.5. The summed E-state index contributed by atoms with van der Waals surface area (Å²) >= 11 is 0. The van der Waals surface area contributed by atoms with Crippen molar-refractivity contribution in [2.24, 2.45) is 0 Å². The fraction of sp³-hybridized carbons (Fsp3) is 0. The largest absolute Gasteiger partial charge is 0.344 e. The third-order valence-corrected chi connectivity index (χ3v) is 0. The second-order valence-electron chi connectivity index (χ2n) is 0. The van der Waals surface area contributed by atoms with E-state index in [0.29, 0.717) is 0 Å². The van der Waals surface area contributed by atoms with E-state index in [1.54, 1.807) is 0 Å². The van der Waals surface area contributed by atoms with E-state index in [-0.39, 0.29) is 83.0 Å². The summed E-state index contributed by atoms with van der Waals surface area (Å²) in [5, 5.41) is 0. The summed E-state index contributed by atoms with van der Waals surface area (Å²) in [7, 11) is 0. The van der Waals surface area contributed by atoms with Gasteiger partial charge in [0.1, 0.15) is 0 Å². The molecule has 0 saturated carbocycles. The zero-order valence-corrected chi connectivity index (χ0v) is 8.18. The maximum atomic E-state index is 0. The van der Waals surface area contributed by atoms with Crippen LogP contribution in [0.25, 0.3) is 0 Å². The van der Waals surface area contributed by atoms with E-state index in [9.17, 15) is 0 Å². The van der Waals surface area contributed by atoms with Crippen molar-refractivity contribution >= 4 is 0 Å². The van der Waals surface area contributed by atoms with Gasteiger partial charge < -0.3 is 12.3 Å². The van der Waals surface area contributed by atoms with E-state index in [4.69, 9.17) is 0 Å². The summed E-state index contributed by atoms with van der Waals surface area (Å²) in [6.07, 6.45) is 0. The van der Waals surface area contributed by atoms with Crippen LogP contribution in [0.1, 0.15) is 0 Å². The van der Waals surface area contributed by atoms with E-state index in [1.807, 2.05) is 0 Å². The third kappa shape index (κ3) is 36.0. The molecular formula is H6Mn3N2Ru. The molecule has 0 aromatic carbocycles. The summed E-state index contributed by atoms with van der Waals surface area (Å²) in [5.74, 6) is 0. The number of hydrogen-bond donors (Lipinski definition) is 2. The van der Waals surface area contributed by atoms with Crippen molar-refractivity contribution in [2.75, 3.05) is 0 Å². The van der Waals surface area contributed by atoms with Gasteiger partial charge in [-0.1, -0.05) is 0 Å². The first-order valence-corrected chi connectivity index (χ1v) is 0. The molecule has 0 aromatic rings. The van der Waals surface area contributed by atoms with Gasteiger partial charge in [-0.15, -0.1) is 0 Å². The second kappa shape index (κ2) is 59.9. The van der Waals surface area contributed by atoms with E-state index in [2.05, 4.69) is 0 Å². The molecule has 0 atom stereocenters. The van der Waals surface area contributed by atoms with Crippen LogP contribution in [0.5, 0.6) is 0 Å². The minimum Gasteiger partial charge on any atom is -0.344 e. The summed E-state index contributed by atoms with van der Waals surface area (Å²) in [5.41, 5.74) is 0. The van der Waals surface area contributed by atoms with Crippen LogP contribution < -0.4 is 12.3 Å². The van der Waals surface area contributed by atoms with Gasteiger partial charge >= 0.3 is 0 Å². The maximum absolute atomic E-state index is 0. The van der Waals surface area contributed by atoms with Crippen LogP contribution in [0.4, 0.5) is 0 Å². The first-order chi connectivity index (χ1) is 0. The zero-order chi connectivity index (χ0) is 0. The third-order valence-electron chi connectivity index (χ3n) is 0. The Morgan fingerprint density at radius 2 is 0.500 bits per heavy atom. The predicted octanol–water partition coefficient (Wildman–Crippen LogP) is 0.314. The van der Waals surface area contributed by atoms with Crippen molar-refractivity contribution in [1.29, 1.82) is 0 Å². The summed E-state index contributed by atoms with van der Waals surface area (Å²) in [4.78, 5) is 0. The monoisotopic (exact) mass is 301 g/mol. The van der Waals surface area contributed by atoms with Gasteiger partial charge in [0.05, 0.1) is 0 Å². The van der Waals surface area contributed by atoms with Gasteiger partial charge in [-0.25, -0.2) is 0 Å². The Hall–Kier alpha value is 2.10. The average Bonchev–Trinajstić information content (AvgIpc) is 0. The van der Waals surface area contributed by atoms with Crippen molar-refractivity contribution in [3.63, 3.8) is 0 Å². The molecule has 0 aliphatic rings. The van der Waals surface area contributed by atoms with Crippen LogP contribution in [0, 0.1) is 0 Å². The van der Waals surface area contributed by atoms with Crippen molar-refractivity contribution in [3.8, 4) is 0 Å². The molecule has 0 spiro atoms. The first-order valence-electron chi connectivity index (χ1n) is 0. The Balaban J connectivity index is 0. The molecule has 0 unspecified atom stereocenters. The molecule has 0 aromatic heterocycles. The molecule has 0 saturated heterocycles. The zero-order valence-electron chi connectivity index (χ0n) is 2.90. The number of rotatable bonds is 0. The van der Waals surface area contributed by atoms with E-state index < -0.39 is 0 Å². The Labute approximate surface area is 82.3 Å². The van der Waals surface area contributed by atoms with Gasteiger partial charge in [-0.05, 0) is 0 Å². The summed E-state index contributed by atoms with van der Waals surface area (Å²) in [6.45, 7) is 0. The van der Waals surface area contributed by atoms with Crippen molar-refractivity contribution in [3.05, 3.63) is 0 Å². The Bertz CT molecular complexity index is 8.75. The molecule has 0 amide bonds. The molecule has 6 heteroatoms. The molecule has 3 radical (unpaired) electrons. The molecule has 0 rings (SSSR count). The normalized spacial score (nSPS) is 0. The van der Waals surface area contributed by atoms with Crippen LogP contribution in [-0.2, 0) is 70.7 Å². The Kier molecular flexibility index (Phi) is 923. The van der Waals surface area contributed by atoms with Crippen molar-refractivity contribution in [2.45, 2.75) is 0 Å². The molecule has 6 heavy (non-hydrogen) atoms. The molecule has 6 N–H and O–H groups in total. The van der Waals surface area contributed by atoms with Gasteiger partial charge in [-0.3, -0.25) is 0 Å².